The second-order valence-corrected chi connectivity index (χ2v) is 8.70. The van der Waals surface area contributed by atoms with Crippen LogP contribution in [0.5, 0.6) is 0 Å². The summed E-state index contributed by atoms with van der Waals surface area (Å²) in [5, 5.41) is 6.51. The Labute approximate surface area is 153 Å². The molecule has 1 aromatic carbocycles. The molecule has 0 unspecified atom stereocenters. The first-order chi connectivity index (χ1) is 12.0. The maximum Gasteiger partial charge on any atom is 0.226 e. The number of amides is 2. The van der Waals surface area contributed by atoms with E-state index < -0.39 is 0 Å². The Balaban J connectivity index is 1.26. The lowest BCUT2D eigenvalue weighted by Gasteiger charge is -2.55. The van der Waals surface area contributed by atoms with Gasteiger partial charge in [0.2, 0.25) is 11.8 Å². The summed E-state index contributed by atoms with van der Waals surface area (Å²) >= 11 is 5.84. The van der Waals surface area contributed by atoms with Crippen LogP contribution in [0, 0.1) is 23.2 Å². The van der Waals surface area contributed by atoms with Crippen molar-refractivity contribution >= 4 is 29.1 Å². The molecule has 0 radical (unpaired) electrons. The van der Waals surface area contributed by atoms with Crippen molar-refractivity contribution in [1.82, 2.24) is 5.32 Å². The van der Waals surface area contributed by atoms with E-state index in [0.29, 0.717) is 18.0 Å². The summed E-state index contributed by atoms with van der Waals surface area (Å²) in [6, 6.07) is 7.03. The van der Waals surface area contributed by atoms with Crippen molar-refractivity contribution in [2.45, 2.75) is 44.9 Å². The zero-order chi connectivity index (χ0) is 17.4. The highest BCUT2D eigenvalue weighted by Gasteiger charge is 2.54. The fraction of sp³-hybridized carbons (Fsp3) is 0.600. The molecule has 4 bridgehead atoms. The van der Waals surface area contributed by atoms with Gasteiger partial charge in [-0.1, -0.05) is 11.6 Å². The molecule has 4 saturated carbocycles. The van der Waals surface area contributed by atoms with Crippen LogP contribution < -0.4 is 10.6 Å². The summed E-state index contributed by atoms with van der Waals surface area (Å²) < 4.78 is 0. The number of carbonyl (C=O) groups is 2. The third-order valence-electron chi connectivity index (χ3n) is 6.29. The van der Waals surface area contributed by atoms with E-state index in [2.05, 4.69) is 10.6 Å². The molecule has 134 valence electrons. The third kappa shape index (κ3) is 3.55. The first-order valence-electron chi connectivity index (χ1n) is 9.36. The average Bonchev–Trinajstić information content (AvgIpc) is 2.55. The Morgan fingerprint density at radius 2 is 1.56 bits per heavy atom. The molecule has 4 aliphatic carbocycles. The van der Waals surface area contributed by atoms with Crippen LogP contribution in [0.1, 0.15) is 44.9 Å². The van der Waals surface area contributed by atoms with E-state index in [1.165, 1.54) is 19.3 Å². The summed E-state index contributed by atoms with van der Waals surface area (Å²) in [5.74, 6) is 2.36. The Hall–Kier alpha value is -1.55. The van der Waals surface area contributed by atoms with Gasteiger partial charge in [0.1, 0.15) is 0 Å². The quantitative estimate of drug-likeness (QED) is 0.833. The topological polar surface area (TPSA) is 58.2 Å². The van der Waals surface area contributed by atoms with Crippen LogP contribution in [-0.2, 0) is 9.59 Å². The van der Waals surface area contributed by atoms with E-state index in [1.54, 1.807) is 24.3 Å². The van der Waals surface area contributed by atoms with Gasteiger partial charge in [0.15, 0.2) is 0 Å². The maximum absolute atomic E-state index is 12.8. The van der Waals surface area contributed by atoms with E-state index in [-0.39, 0.29) is 17.2 Å². The molecular formula is C20H25ClN2O2. The molecule has 25 heavy (non-hydrogen) atoms. The van der Waals surface area contributed by atoms with Gasteiger partial charge in [-0.2, -0.15) is 0 Å². The molecule has 0 heterocycles. The molecule has 0 aromatic heterocycles. The normalized spacial score (nSPS) is 32.4. The fourth-order valence-electron chi connectivity index (χ4n) is 5.62. The molecule has 0 atom stereocenters. The van der Waals surface area contributed by atoms with Crippen molar-refractivity contribution in [2.75, 3.05) is 11.9 Å². The largest absolute Gasteiger partial charge is 0.355 e. The minimum absolute atomic E-state index is 0.0897. The molecule has 2 amide bonds. The van der Waals surface area contributed by atoms with Crippen molar-refractivity contribution in [3.8, 4) is 0 Å². The standard InChI is InChI=1S/C20H25ClN2O2/c21-16-1-3-17(4-2-16)23-18(24)5-6-22-19(25)20-10-13-7-14(11-20)9-15(8-13)12-20/h1-4,13-15H,5-12H2,(H,22,25)(H,23,24). The fourth-order valence-corrected chi connectivity index (χ4v) is 5.75. The average molecular weight is 361 g/mol. The van der Waals surface area contributed by atoms with Crippen molar-refractivity contribution in [3.05, 3.63) is 29.3 Å². The molecule has 1 aromatic rings. The van der Waals surface area contributed by atoms with Crippen molar-refractivity contribution in [2.24, 2.45) is 23.2 Å². The van der Waals surface area contributed by atoms with Gasteiger partial charge in [-0.05, 0) is 80.5 Å². The van der Waals surface area contributed by atoms with Crippen LogP contribution in [0.2, 0.25) is 5.02 Å². The Morgan fingerprint density at radius 3 is 2.12 bits per heavy atom. The second-order valence-electron chi connectivity index (χ2n) is 8.26. The molecule has 0 spiro atoms. The second kappa shape index (κ2) is 6.64. The maximum atomic E-state index is 12.8. The number of halogens is 1. The summed E-state index contributed by atoms with van der Waals surface area (Å²) in [5.41, 5.74) is 0.586. The summed E-state index contributed by atoms with van der Waals surface area (Å²) in [7, 11) is 0. The van der Waals surface area contributed by atoms with Crippen LogP contribution in [0.25, 0.3) is 0 Å². The van der Waals surface area contributed by atoms with Gasteiger partial charge in [-0.25, -0.2) is 0 Å². The van der Waals surface area contributed by atoms with Gasteiger partial charge in [0.25, 0.3) is 0 Å². The summed E-state index contributed by atoms with van der Waals surface area (Å²) in [6.07, 6.45) is 7.45. The summed E-state index contributed by atoms with van der Waals surface area (Å²) in [4.78, 5) is 24.8. The van der Waals surface area contributed by atoms with Gasteiger partial charge in [-0.3, -0.25) is 9.59 Å². The smallest absolute Gasteiger partial charge is 0.226 e. The van der Waals surface area contributed by atoms with Crippen LogP contribution in [0.4, 0.5) is 5.69 Å². The van der Waals surface area contributed by atoms with Crippen LogP contribution in [-0.4, -0.2) is 18.4 Å². The molecule has 5 heteroatoms. The van der Waals surface area contributed by atoms with Crippen LogP contribution in [0.15, 0.2) is 24.3 Å². The molecule has 4 nitrogen and oxygen atoms in total. The zero-order valence-corrected chi connectivity index (χ0v) is 15.1. The highest BCUT2D eigenvalue weighted by Crippen LogP contribution is 2.60. The van der Waals surface area contributed by atoms with Crippen molar-refractivity contribution in [1.29, 1.82) is 0 Å². The number of hydrogen-bond acceptors (Lipinski definition) is 2. The molecule has 0 aliphatic heterocycles. The van der Waals surface area contributed by atoms with Gasteiger partial charge in [0.05, 0.1) is 0 Å². The molecule has 5 rings (SSSR count). The number of hydrogen-bond donors (Lipinski definition) is 2. The van der Waals surface area contributed by atoms with E-state index in [9.17, 15) is 9.59 Å². The Kier molecular flexibility index (Phi) is 4.48. The molecule has 2 N–H and O–H groups in total. The number of carbonyl (C=O) groups excluding carboxylic acids is 2. The van der Waals surface area contributed by atoms with Crippen LogP contribution in [0.3, 0.4) is 0 Å². The summed E-state index contributed by atoms with van der Waals surface area (Å²) in [6.45, 7) is 0.403. The first-order valence-corrected chi connectivity index (χ1v) is 9.74. The molecule has 0 saturated heterocycles. The molecule has 4 aliphatic rings. The minimum atomic E-state index is -0.137. The van der Waals surface area contributed by atoms with Gasteiger partial charge in [-0.15, -0.1) is 0 Å². The van der Waals surface area contributed by atoms with Gasteiger partial charge < -0.3 is 10.6 Å². The number of anilines is 1. The monoisotopic (exact) mass is 360 g/mol. The third-order valence-corrected chi connectivity index (χ3v) is 6.54. The van der Waals surface area contributed by atoms with Gasteiger partial charge >= 0.3 is 0 Å². The lowest BCUT2D eigenvalue weighted by atomic mass is 9.49. The Bertz CT molecular complexity index is 635. The predicted molar refractivity (Wildman–Crippen MR) is 98.3 cm³/mol. The van der Waals surface area contributed by atoms with E-state index >= 15 is 0 Å². The molecular weight excluding hydrogens is 336 g/mol. The lowest BCUT2D eigenvalue weighted by molar-refractivity contribution is -0.146. The highest BCUT2D eigenvalue weighted by atomic mass is 35.5. The number of benzene rings is 1. The molecule has 4 fully saturated rings. The van der Waals surface area contributed by atoms with E-state index in [1.807, 2.05) is 0 Å². The minimum Gasteiger partial charge on any atom is -0.355 e. The lowest BCUT2D eigenvalue weighted by Crippen LogP contribution is -2.53. The highest BCUT2D eigenvalue weighted by molar-refractivity contribution is 6.30. The van der Waals surface area contributed by atoms with Crippen molar-refractivity contribution in [3.63, 3.8) is 0 Å². The van der Waals surface area contributed by atoms with E-state index in [0.717, 1.165) is 42.7 Å². The SMILES string of the molecule is O=C(CCNC(=O)C12CC3CC(CC(C3)C1)C2)Nc1ccc(Cl)cc1. The van der Waals surface area contributed by atoms with E-state index in [4.69, 9.17) is 11.6 Å². The van der Waals surface area contributed by atoms with Gasteiger partial charge in [0, 0.05) is 29.1 Å². The zero-order valence-electron chi connectivity index (χ0n) is 14.4. The predicted octanol–water partition coefficient (Wildman–Crippen LogP) is 4.00. The Morgan fingerprint density at radius 1 is 1.00 bits per heavy atom. The number of rotatable bonds is 5. The van der Waals surface area contributed by atoms with Crippen LogP contribution >= 0.6 is 11.6 Å². The first kappa shape index (κ1) is 16.9. The van der Waals surface area contributed by atoms with Crippen molar-refractivity contribution < 1.29 is 9.59 Å². The number of nitrogens with one attached hydrogen (secondary N) is 2.